The van der Waals surface area contributed by atoms with E-state index in [1.54, 1.807) is 0 Å². The second-order valence-electron chi connectivity index (χ2n) is 3.78. The van der Waals surface area contributed by atoms with E-state index in [1.165, 1.54) is 18.2 Å². The average Bonchev–Trinajstić information content (AvgIpc) is 2.40. The van der Waals surface area contributed by atoms with E-state index >= 15 is 0 Å². The summed E-state index contributed by atoms with van der Waals surface area (Å²) in [5, 5.41) is 8.93. The van der Waals surface area contributed by atoms with Gasteiger partial charge >= 0.3 is 0 Å². The van der Waals surface area contributed by atoms with E-state index in [4.69, 9.17) is 21.6 Å². The minimum atomic E-state index is -0.550. The summed E-state index contributed by atoms with van der Waals surface area (Å²) in [6.07, 6.45) is 0. The Hall–Kier alpha value is -2.12. The van der Waals surface area contributed by atoms with Crippen LogP contribution in [0.3, 0.4) is 0 Å². The standard InChI is InChI=1S/C14H8ClF2NO/c15-12-5-9(7-18)1-4-14(12)19-8-10-6-11(16)2-3-13(10)17/h1-6H,8H2. The Bertz CT molecular complexity index is 652. The van der Waals surface area contributed by atoms with Crippen LogP contribution in [0, 0.1) is 23.0 Å². The van der Waals surface area contributed by atoms with Crippen LogP contribution in [-0.4, -0.2) is 0 Å². The summed E-state index contributed by atoms with van der Waals surface area (Å²) < 4.78 is 31.6. The lowest BCUT2D eigenvalue weighted by Crippen LogP contribution is -1.99. The summed E-state index contributed by atoms with van der Waals surface area (Å²) >= 11 is 5.90. The van der Waals surface area contributed by atoms with Crippen molar-refractivity contribution in [3.05, 3.63) is 64.2 Å². The smallest absolute Gasteiger partial charge is 0.138 e. The third-order valence-electron chi connectivity index (χ3n) is 2.45. The number of hydrogen-bond acceptors (Lipinski definition) is 2. The monoisotopic (exact) mass is 279 g/mol. The number of benzene rings is 2. The average molecular weight is 280 g/mol. The van der Waals surface area contributed by atoms with E-state index in [1.807, 2.05) is 6.07 Å². The van der Waals surface area contributed by atoms with Crippen LogP contribution in [0.5, 0.6) is 5.75 Å². The normalized spacial score (nSPS) is 10.0. The molecular formula is C14H8ClF2NO. The van der Waals surface area contributed by atoms with Gasteiger partial charge in [0.15, 0.2) is 0 Å². The van der Waals surface area contributed by atoms with Gasteiger partial charge in [0, 0.05) is 5.56 Å². The Kier molecular flexibility index (Phi) is 3.98. The Balaban J connectivity index is 2.15. The van der Waals surface area contributed by atoms with Crippen LogP contribution in [0.15, 0.2) is 36.4 Å². The van der Waals surface area contributed by atoms with Crippen molar-refractivity contribution in [3.63, 3.8) is 0 Å². The van der Waals surface area contributed by atoms with Crippen molar-refractivity contribution >= 4 is 11.6 Å². The maximum absolute atomic E-state index is 13.4. The zero-order valence-corrected chi connectivity index (χ0v) is 10.4. The van der Waals surface area contributed by atoms with Gasteiger partial charge in [-0.2, -0.15) is 5.26 Å². The summed E-state index contributed by atoms with van der Waals surface area (Å²) in [4.78, 5) is 0. The van der Waals surface area contributed by atoms with Crippen molar-refractivity contribution in [2.24, 2.45) is 0 Å². The fraction of sp³-hybridized carbons (Fsp3) is 0.0714. The summed E-state index contributed by atoms with van der Waals surface area (Å²) in [5.74, 6) is -0.776. The van der Waals surface area contributed by atoms with E-state index in [0.717, 1.165) is 18.2 Å². The molecule has 0 heterocycles. The summed E-state index contributed by atoms with van der Waals surface area (Å²) in [6, 6.07) is 9.56. The summed E-state index contributed by atoms with van der Waals surface area (Å²) in [5.41, 5.74) is 0.495. The van der Waals surface area contributed by atoms with Crippen LogP contribution in [0.4, 0.5) is 8.78 Å². The van der Waals surface area contributed by atoms with Gasteiger partial charge in [-0.15, -0.1) is 0 Å². The van der Waals surface area contributed by atoms with Crippen molar-refractivity contribution < 1.29 is 13.5 Å². The molecule has 0 radical (unpaired) electrons. The molecule has 0 spiro atoms. The molecule has 0 aliphatic carbocycles. The largest absolute Gasteiger partial charge is 0.487 e. The van der Waals surface area contributed by atoms with E-state index in [-0.39, 0.29) is 17.2 Å². The molecule has 0 unspecified atom stereocenters. The Morgan fingerprint density at radius 2 is 1.95 bits per heavy atom. The van der Waals surface area contributed by atoms with Crippen molar-refractivity contribution in [1.29, 1.82) is 5.26 Å². The molecular weight excluding hydrogens is 272 g/mol. The molecule has 0 aliphatic heterocycles. The van der Waals surface area contributed by atoms with E-state index in [0.29, 0.717) is 11.3 Å². The molecule has 2 rings (SSSR count). The molecule has 0 saturated carbocycles. The number of rotatable bonds is 3. The second-order valence-corrected chi connectivity index (χ2v) is 4.19. The molecule has 2 nitrogen and oxygen atoms in total. The molecule has 0 aliphatic rings. The Labute approximate surface area is 113 Å². The Morgan fingerprint density at radius 3 is 2.63 bits per heavy atom. The number of nitrogens with zero attached hydrogens (tertiary/aromatic N) is 1. The van der Waals surface area contributed by atoms with Crippen LogP contribution in [-0.2, 0) is 6.61 Å². The quantitative estimate of drug-likeness (QED) is 0.848. The lowest BCUT2D eigenvalue weighted by atomic mass is 10.2. The first-order valence-electron chi connectivity index (χ1n) is 5.36. The van der Waals surface area contributed by atoms with Gasteiger partial charge in [0.2, 0.25) is 0 Å². The zero-order valence-electron chi connectivity index (χ0n) is 9.66. The molecule has 19 heavy (non-hydrogen) atoms. The SMILES string of the molecule is N#Cc1ccc(OCc2cc(F)ccc2F)c(Cl)c1. The van der Waals surface area contributed by atoms with Gasteiger partial charge in [0.05, 0.1) is 16.7 Å². The lowest BCUT2D eigenvalue weighted by Gasteiger charge is -2.09. The summed E-state index contributed by atoms with van der Waals surface area (Å²) in [6.45, 7) is -0.144. The van der Waals surface area contributed by atoms with Crippen LogP contribution in [0.25, 0.3) is 0 Å². The molecule has 2 aromatic carbocycles. The zero-order chi connectivity index (χ0) is 13.8. The van der Waals surface area contributed by atoms with E-state index in [9.17, 15) is 8.78 Å². The van der Waals surface area contributed by atoms with E-state index in [2.05, 4.69) is 0 Å². The maximum atomic E-state index is 13.4. The fourth-order valence-electron chi connectivity index (χ4n) is 1.50. The van der Waals surface area contributed by atoms with Crippen molar-refractivity contribution in [1.82, 2.24) is 0 Å². The third-order valence-corrected chi connectivity index (χ3v) is 2.75. The van der Waals surface area contributed by atoms with Gasteiger partial charge in [-0.05, 0) is 36.4 Å². The van der Waals surface area contributed by atoms with Gasteiger partial charge in [0.25, 0.3) is 0 Å². The van der Waals surface area contributed by atoms with Gasteiger partial charge in [0.1, 0.15) is 24.0 Å². The predicted octanol–water partition coefficient (Wildman–Crippen LogP) is 4.07. The molecule has 5 heteroatoms. The van der Waals surface area contributed by atoms with Crippen molar-refractivity contribution in [2.75, 3.05) is 0 Å². The highest BCUT2D eigenvalue weighted by molar-refractivity contribution is 6.32. The highest BCUT2D eigenvalue weighted by Gasteiger charge is 2.07. The Morgan fingerprint density at radius 1 is 1.16 bits per heavy atom. The number of hydrogen-bond donors (Lipinski definition) is 0. The molecule has 0 aromatic heterocycles. The topological polar surface area (TPSA) is 33.0 Å². The second kappa shape index (κ2) is 5.68. The number of halogens is 3. The number of nitriles is 1. The van der Waals surface area contributed by atoms with Crippen molar-refractivity contribution in [3.8, 4) is 11.8 Å². The van der Waals surface area contributed by atoms with Crippen LogP contribution in [0.1, 0.15) is 11.1 Å². The van der Waals surface area contributed by atoms with Gasteiger partial charge in [-0.1, -0.05) is 11.6 Å². The molecule has 0 saturated heterocycles. The first-order valence-corrected chi connectivity index (χ1v) is 5.74. The molecule has 96 valence electrons. The molecule has 0 N–H and O–H groups in total. The molecule has 2 aromatic rings. The minimum absolute atomic E-state index is 0.0976. The van der Waals surface area contributed by atoms with Crippen LogP contribution < -0.4 is 4.74 Å². The molecule has 0 amide bonds. The first-order chi connectivity index (χ1) is 9.10. The van der Waals surface area contributed by atoms with Gasteiger partial charge < -0.3 is 4.74 Å². The molecule has 0 bridgehead atoms. The maximum Gasteiger partial charge on any atom is 0.138 e. The molecule has 0 fully saturated rings. The van der Waals surface area contributed by atoms with E-state index < -0.39 is 11.6 Å². The highest BCUT2D eigenvalue weighted by Crippen LogP contribution is 2.26. The van der Waals surface area contributed by atoms with Crippen LogP contribution >= 0.6 is 11.6 Å². The summed E-state index contributed by atoms with van der Waals surface area (Å²) in [7, 11) is 0. The number of ether oxygens (including phenoxy) is 1. The van der Waals surface area contributed by atoms with Gasteiger partial charge in [-0.3, -0.25) is 0 Å². The first kappa shape index (κ1) is 13.3. The van der Waals surface area contributed by atoms with Gasteiger partial charge in [-0.25, -0.2) is 8.78 Å². The lowest BCUT2D eigenvalue weighted by molar-refractivity contribution is 0.299. The van der Waals surface area contributed by atoms with Crippen molar-refractivity contribution in [2.45, 2.75) is 6.61 Å². The third kappa shape index (κ3) is 3.21. The highest BCUT2D eigenvalue weighted by atomic mass is 35.5. The fourth-order valence-corrected chi connectivity index (χ4v) is 1.73. The molecule has 0 atom stereocenters. The van der Waals surface area contributed by atoms with Crippen LogP contribution in [0.2, 0.25) is 5.02 Å². The minimum Gasteiger partial charge on any atom is -0.487 e. The predicted molar refractivity (Wildman–Crippen MR) is 66.9 cm³/mol.